The van der Waals surface area contributed by atoms with Gasteiger partial charge < -0.3 is 15.0 Å². The lowest BCUT2D eigenvalue weighted by Crippen LogP contribution is -2.50. The van der Waals surface area contributed by atoms with Crippen LogP contribution in [0.2, 0.25) is 0 Å². The molecule has 25 heavy (non-hydrogen) atoms. The number of benzene rings is 1. The van der Waals surface area contributed by atoms with E-state index in [0.29, 0.717) is 11.3 Å². The Balaban J connectivity index is 1.55. The molecule has 0 bridgehead atoms. The maximum Gasteiger partial charge on any atom is 0.252 e. The Morgan fingerprint density at radius 2 is 1.96 bits per heavy atom. The van der Waals surface area contributed by atoms with Gasteiger partial charge in [-0.05, 0) is 53.4 Å². The number of nitrogens with zero attached hydrogens (tertiary/aromatic N) is 2. The van der Waals surface area contributed by atoms with Crippen molar-refractivity contribution in [2.45, 2.75) is 31.3 Å². The van der Waals surface area contributed by atoms with Crippen molar-refractivity contribution in [1.29, 1.82) is 0 Å². The van der Waals surface area contributed by atoms with E-state index in [9.17, 15) is 9.59 Å². The van der Waals surface area contributed by atoms with Crippen LogP contribution in [0.3, 0.4) is 0 Å². The Labute approximate surface area is 156 Å². The van der Waals surface area contributed by atoms with Gasteiger partial charge in [0, 0.05) is 37.2 Å². The maximum atomic E-state index is 12.6. The number of ether oxygens (including phenoxy) is 1. The van der Waals surface area contributed by atoms with Gasteiger partial charge in [-0.2, -0.15) is 0 Å². The van der Waals surface area contributed by atoms with Gasteiger partial charge in [0.15, 0.2) is 0 Å². The quantitative estimate of drug-likeness (QED) is 0.824. The second-order valence-electron chi connectivity index (χ2n) is 6.69. The van der Waals surface area contributed by atoms with Gasteiger partial charge in [0.05, 0.1) is 18.7 Å². The molecule has 2 heterocycles. The molecule has 2 aliphatic rings. The number of rotatable bonds is 4. The Kier molecular flexibility index (Phi) is 5.64. The number of carbonyl (C=O) groups excluding carboxylic acids is 2. The number of halogens is 1. The molecule has 1 aromatic carbocycles. The first-order valence-corrected chi connectivity index (χ1v) is 9.42. The lowest BCUT2D eigenvalue weighted by molar-refractivity contribution is -0.131. The molecular formula is C18H24BrN3O3. The summed E-state index contributed by atoms with van der Waals surface area (Å²) in [5, 5.41) is 3.11. The minimum absolute atomic E-state index is 0.0224. The van der Waals surface area contributed by atoms with Crippen LogP contribution in [-0.4, -0.2) is 67.5 Å². The summed E-state index contributed by atoms with van der Waals surface area (Å²) in [6.07, 6.45) is 2.63. The van der Waals surface area contributed by atoms with E-state index in [1.807, 2.05) is 19.2 Å². The van der Waals surface area contributed by atoms with E-state index in [0.717, 1.165) is 43.4 Å². The van der Waals surface area contributed by atoms with Crippen molar-refractivity contribution in [2.24, 2.45) is 0 Å². The molecule has 2 fully saturated rings. The zero-order chi connectivity index (χ0) is 18.0. The summed E-state index contributed by atoms with van der Waals surface area (Å²) >= 11 is 3.42. The highest BCUT2D eigenvalue weighted by molar-refractivity contribution is 9.10. The molecule has 0 aromatic heterocycles. The van der Waals surface area contributed by atoms with Crippen LogP contribution in [0.25, 0.3) is 0 Å². The zero-order valence-electron chi connectivity index (χ0n) is 14.6. The highest BCUT2D eigenvalue weighted by Gasteiger charge is 2.35. The summed E-state index contributed by atoms with van der Waals surface area (Å²) < 4.78 is 5.95. The van der Waals surface area contributed by atoms with E-state index in [1.54, 1.807) is 18.1 Å². The molecule has 136 valence electrons. The molecule has 1 N–H and O–H groups in total. The van der Waals surface area contributed by atoms with E-state index >= 15 is 0 Å². The number of carbonyl (C=O) groups is 2. The summed E-state index contributed by atoms with van der Waals surface area (Å²) in [6.45, 7) is 2.52. The monoisotopic (exact) mass is 409 g/mol. The Hall–Kier alpha value is -1.60. The Morgan fingerprint density at radius 3 is 2.56 bits per heavy atom. The van der Waals surface area contributed by atoms with Gasteiger partial charge in [-0.15, -0.1) is 0 Å². The molecule has 2 saturated heterocycles. The van der Waals surface area contributed by atoms with E-state index < -0.39 is 0 Å². The first-order valence-electron chi connectivity index (χ1n) is 8.63. The number of piperidine rings is 1. The van der Waals surface area contributed by atoms with Gasteiger partial charge in [0.2, 0.25) is 5.91 Å². The van der Waals surface area contributed by atoms with Gasteiger partial charge in [0.1, 0.15) is 5.75 Å². The fourth-order valence-corrected chi connectivity index (χ4v) is 3.99. The standard InChI is InChI=1S/C18H24BrN3O3/c1-21-8-7-16(18(21)24)22-9-5-12(6-10-22)20-17(23)14-11-13(25-2)3-4-15(14)19/h3-4,11-12,16H,5-10H2,1-2H3,(H,20,23). The summed E-state index contributed by atoms with van der Waals surface area (Å²) in [5.41, 5.74) is 0.578. The van der Waals surface area contributed by atoms with E-state index in [1.165, 1.54) is 0 Å². The molecular weight excluding hydrogens is 386 g/mol. The van der Waals surface area contributed by atoms with Gasteiger partial charge in [-0.3, -0.25) is 14.5 Å². The molecule has 6 nitrogen and oxygen atoms in total. The van der Waals surface area contributed by atoms with Gasteiger partial charge in [-0.25, -0.2) is 0 Å². The average Bonchev–Trinajstić information content (AvgIpc) is 2.95. The SMILES string of the molecule is COc1ccc(Br)c(C(=O)NC2CCN(C3CCN(C)C3=O)CC2)c1. The first-order chi connectivity index (χ1) is 12.0. The smallest absolute Gasteiger partial charge is 0.252 e. The second-order valence-corrected chi connectivity index (χ2v) is 7.55. The molecule has 0 saturated carbocycles. The number of likely N-dealkylation sites (tertiary alicyclic amines) is 2. The topological polar surface area (TPSA) is 61.9 Å². The minimum Gasteiger partial charge on any atom is -0.497 e. The van der Waals surface area contributed by atoms with Crippen LogP contribution in [-0.2, 0) is 4.79 Å². The van der Waals surface area contributed by atoms with Crippen molar-refractivity contribution >= 4 is 27.7 Å². The van der Waals surface area contributed by atoms with Crippen LogP contribution in [0.4, 0.5) is 0 Å². The molecule has 1 atom stereocenters. The van der Waals surface area contributed by atoms with Crippen LogP contribution in [0, 0.1) is 0 Å². The van der Waals surface area contributed by atoms with Crippen molar-refractivity contribution in [3.8, 4) is 5.75 Å². The highest BCUT2D eigenvalue weighted by Crippen LogP contribution is 2.24. The van der Waals surface area contributed by atoms with E-state index in [2.05, 4.69) is 26.1 Å². The Morgan fingerprint density at radius 1 is 1.24 bits per heavy atom. The number of amides is 2. The largest absolute Gasteiger partial charge is 0.497 e. The third kappa shape index (κ3) is 3.98. The van der Waals surface area contributed by atoms with Crippen molar-refractivity contribution in [3.63, 3.8) is 0 Å². The van der Waals surface area contributed by atoms with Crippen LogP contribution in [0.1, 0.15) is 29.6 Å². The van der Waals surface area contributed by atoms with Gasteiger partial charge in [0.25, 0.3) is 5.91 Å². The second kappa shape index (κ2) is 7.74. The van der Waals surface area contributed by atoms with E-state index in [-0.39, 0.29) is 23.9 Å². The Bertz CT molecular complexity index is 659. The van der Waals surface area contributed by atoms with Crippen molar-refractivity contribution in [2.75, 3.05) is 33.8 Å². The molecule has 1 unspecified atom stereocenters. The van der Waals surface area contributed by atoms with Crippen LogP contribution in [0.5, 0.6) is 5.75 Å². The molecule has 7 heteroatoms. The van der Waals surface area contributed by atoms with Crippen LogP contribution < -0.4 is 10.1 Å². The van der Waals surface area contributed by atoms with E-state index in [4.69, 9.17) is 4.74 Å². The minimum atomic E-state index is -0.0964. The maximum absolute atomic E-state index is 12.6. The van der Waals surface area contributed by atoms with Crippen LogP contribution in [0.15, 0.2) is 22.7 Å². The third-order valence-electron chi connectivity index (χ3n) is 5.12. The average molecular weight is 410 g/mol. The third-order valence-corrected chi connectivity index (χ3v) is 5.81. The first kappa shape index (κ1) is 18.2. The van der Waals surface area contributed by atoms with Crippen molar-refractivity contribution in [3.05, 3.63) is 28.2 Å². The van der Waals surface area contributed by atoms with Gasteiger partial charge in [-0.1, -0.05) is 0 Å². The molecule has 2 amide bonds. The normalized spacial score (nSPS) is 22.3. The van der Waals surface area contributed by atoms with Crippen molar-refractivity contribution in [1.82, 2.24) is 15.1 Å². The molecule has 0 aliphatic carbocycles. The summed E-state index contributed by atoms with van der Waals surface area (Å²) in [6, 6.07) is 5.53. The number of hydrogen-bond acceptors (Lipinski definition) is 4. The molecule has 1 aromatic rings. The number of nitrogens with one attached hydrogen (secondary N) is 1. The lowest BCUT2D eigenvalue weighted by atomic mass is 10.0. The highest BCUT2D eigenvalue weighted by atomic mass is 79.9. The number of hydrogen-bond donors (Lipinski definition) is 1. The van der Waals surface area contributed by atoms with Crippen LogP contribution >= 0.6 is 15.9 Å². The predicted molar refractivity (Wildman–Crippen MR) is 98.8 cm³/mol. The summed E-state index contributed by atoms with van der Waals surface area (Å²) in [7, 11) is 3.45. The molecule has 0 spiro atoms. The molecule has 3 rings (SSSR count). The van der Waals surface area contributed by atoms with Gasteiger partial charge >= 0.3 is 0 Å². The fourth-order valence-electron chi connectivity index (χ4n) is 3.57. The lowest BCUT2D eigenvalue weighted by Gasteiger charge is -2.35. The van der Waals surface area contributed by atoms with Crippen molar-refractivity contribution < 1.29 is 14.3 Å². The summed E-state index contributed by atoms with van der Waals surface area (Å²) in [5.74, 6) is 0.788. The molecule has 2 aliphatic heterocycles. The summed E-state index contributed by atoms with van der Waals surface area (Å²) in [4.78, 5) is 28.8. The fraction of sp³-hybridized carbons (Fsp3) is 0.556. The zero-order valence-corrected chi connectivity index (χ0v) is 16.2. The predicted octanol–water partition coefficient (Wildman–Crippen LogP) is 1.88. The molecule has 0 radical (unpaired) electrons. The number of likely N-dealkylation sites (N-methyl/N-ethyl adjacent to an activating group) is 1. The number of methoxy groups -OCH3 is 1.